The highest BCUT2D eigenvalue weighted by molar-refractivity contribution is 5.86. The molecule has 2 aromatic rings. The first-order valence-corrected chi connectivity index (χ1v) is 7.64. The molecule has 116 valence electrons. The van der Waals surface area contributed by atoms with Crippen LogP contribution in [0.2, 0.25) is 0 Å². The second-order valence-electron chi connectivity index (χ2n) is 6.40. The van der Waals surface area contributed by atoms with Crippen molar-refractivity contribution >= 4 is 5.91 Å². The largest absolute Gasteiger partial charge is 0.340 e. The maximum absolute atomic E-state index is 12.4. The number of hydrogen-bond donors (Lipinski definition) is 0. The maximum atomic E-state index is 12.4. The zero-order valence-electron chi connectivity index (χ0n) is 13.6. The van der Waals surface area contributed by atoms with Crippen LogP contribution in [0.25, 0.3) is 0 Å². The second kappa shape index (κ2) is 5.85. The third kappa shape index (κ3) is 3.09. The fraction of sp³-hybridized carbons (Fsp3) is 0.316. The number of likely N-dealkylation sites (tertiary alicyclic amines) is 1. The van der Waals surface area contributed by atoms with Gasteiger partial charge in [-0.25, -0.2) is 4.98 Å². The van der Waals surface area contributed by atoms with Gasteiger partial charge >= 0.3 is 0 Å². The van der Waals surface area contributed by atoms with Crippen LogP contribution in [-0.4, -0.2) is 33.4 Å². The summed E-state index contributed by atoms with van der Waals surface area (Å²) in [5.74, 6) is 6.02. The van der Waals surface area contributed by atoms with E-state index >= 15 is 0 Å². The summed E-state index contributed by atoms with van der Waals surface area (Å²) >= 11 is 0. The Morgan fingerprint density at radius 1 is 1.17 bits per heavy atom. The van der Waals surface area contributed by atoms with Crippen LogP contribution in [0.1, 0.15) is 43.1 Å². The summed E-state index contributed by atoms with van der Waals surface area (Å²) in [5.41, 5.74) is 2.24. The highest BCUT2D eigenvalue weighted by atomic mass is 16.2. The molecule has 0 N–H and O–H groups in total. The summed E-state index contributed by atoms with van der Waals surface area (Å²) in [6.45, 7) is 4.16. The molecule has 1 aliphatic rings. The number of hydrogen-bond acceptors (Lipinski definition) is 3. The van der Waals surface area contributed by atoms with E-state index in [4.69, 9.17) is 0 Å². The van der Waals surface area contributed by atoms with Crippen molar-refractivity contribution < 1.29 is 4.79 Å². The number of carbonyl (C=O) groups excluding carboxylic acids is 1. The van der Waals surface area contributed by atoms with Crippen molar-refractivity contribution in [1.29, 1.82) is 0 Å². The molecule has 1 atom stereocenters. The average molecular weight is 305 g/mol. The smallest absolute Gasteiger partial charge is 0.231 e. The summed E-state index contributed by atoms with van der Waals surface area (Å²) in [7, 11) is 1.86. The highest BCUT2D eigenvalue weighted by Crippen LogP contribution is 2.37. The van der Waals surface area contributed by atoms with E-state index in [1.54, 1.807) is 12.4 Å². The molecule has 1 saturated heterocycles. The van der Waals surface area contributed by atoms with E-state index in [2.05, 4.69) is 35.7 Å². The lowest BCUT2D eigenvalue weighted by molar-refractivity contribution is -0.130. The third-order valence-electron chi connectivity index (χ3n) is 4.38. The number of aromatic nitrogens is 2. The second-order valence-corrected chi connectivity index (χ2v) is 6.40. The van der Waals surface area contributed by atoms with Gasteiger partial charge in [0, 0.05) is 30.5 Å². The zero-order chi connectivity index (χ0) is 16.4. The molecule has 4 heteroatoms. The third-order valence-corrected chi connectivity index (χ3v) is 4.38. The molecule has 1 unspecified atom stereocenters. The fourth-order valence-corrected chi connectivity index (χ4v) is 2.75. The molecule has 2 aromatic heterocycles. The highest BCUT2D eigenvalue weighted by Gasteiger charge is 2.43. The Morgan fingerprint density at radius 2 is 2.00 bits per heavy atom. The predicted molar refractivity (Wildman–Crippen MR) is 88.7 cm³/mol. The average Bonchev–Trinajstić information content (AvgIpc) is 2.78. The molecule has 3 heterocycles. The van der Waals surface area contributed by atoms with Gasteiger partial charge in [0.25, 0.3) is 0 Å². The van der Waals surface area contributed by atoms with Crippen LogP contribution in [0, 0.1) is 11.8 Å². The van der Waals surface area contributed by atoms with E-state index in [0.29, 0.717) is 0 Å². The van der Waals surface area contributed by atoms with Crippen molar-refractivity contribution in [2.24, 2.45) is 0 Å². The summed E-state index contributed by atoms with van der Waals surface area (Å²) in [5, 5.41) is 0. The van der Waals surface area contributed by atoms with E-state index in [-0.39, 0.29) is 17.4 Å². The van der Waals surface area contributed by atoms with Gasteiger partial charge in [-0.3, -0.25) is 9.78 Å². The number of nitrogens with zero attached hydrogens (tertiary/aromatic N) is 3. The van der Waals surface area contributed by atoms with Crippen molar-refractivity contribution in [2.75, 3.05) is 7.05 Å². The first-order chi connectivity index (χ1) is 11.0. The molecular formula is C19H19N3O. The molecule has 1 aliphatic heterocycles. The minimum atomic E-state index is -0.159. The van der Waals surface area contributed by atoms with E-state index in [9.17, 15) is 4.79 Å². The Balaban J connectivity index is 1.79. The summed E-state index contributed by atoms with van der Waals surface area (Å²) in [4.78, 5) is 22.8. The number of carbonyl (C=O) groups is 1. The van der Waals surface area contributed by atoms with Gasteiger partial charge in [-0.15, -0.1) is 0 Å². The Bertz CT molecular complexity index is 770. The van der Waals surface area contributed by atoms with Crippen LogP contribution in [0.4, 0.5) is 0 Å². The zero-order valence-corrected chi connectivity index (χ0v) is 13.6. The normalized spacial score (nSPS) is 19.3. The Morgan fingerprint density at radius 3 is 2.57 bits per heavy atom. The topological polar surface area (TPSA) is 46.1 Å². The van der Waals surface area contributed by atoms with Crippen molar-refractivity contribution in [3.63, 3.8) is 0 Å². The van der Waals surface area contributed by atoms with Gasteiger partial charge in [0.1, 0.15) is 5.69 Å². The fourth-order valence-electron chi connectivity index (χ4n) is 2.75. The quantitative estimate of drug-likeness (QED) is 0.761. The Labute approximate surface area is 136 Å². The lowest BCUT2D eigenvalue weighted by Gasteiger charge is -2.26. The number of likely N-dealkylation sites (N-methyl/N-ethyl adjacent to an activating group) is 1. The molecule has 0 bridgehead atoms. The van der Waals surface area contributed by atoms with Crippen molar-refractivity contribution in [1.82, 2.24) is 14.9 Å². The van der Waals surface area contributed by atoms with Gasteiger partial charge in [0.05, 0.1) is 11.6 Å². The molecule has 23 heavy (non-hydrogen) atoms. The van der Waals surface area contributed by atoms with Crippen molar-refractivity contribution in [3.05, 3.63) is 59.7 Å². The van der Waals surface area contributed by atoms with Crippen LogP contribution in [0.3, 0.4) is 0 Å². The first-order valence-electron chi connectivity index (χ1n) is 7.64. The predicted octanol–water partition coefficient (Wildman–Crippen LogP) is 2.60. The monoisotopic (exact) mass is 305 g/mol. The summed E-state index contributed by atoms with van der Waals surface area (Å²) < 4.78 is 0. The molecule has 0 radical (unpaired) electrons. The summed E-state index contributed by atoms with van der Waals surface area (Å²) in [6.07, 6.45) is 4.23. The van der Waals surface area contributed by atoms with Gasteiger partial charge < -0.3 is 4.90 Å². The molecule has 1 fully saturated rings. The van der Waals surface area contributed by atoms with Crippen LogP contribution >= 0.6 is 0 Å². The minimum Gasteiger partial charge on any atom is -0.340 e. The molecule has 1 amide bonds. The maximum Gasteiger partial charge on any atom is 0.231 e. The number of pyridine rings is 2. The molecule has 3 rings (SSSR count). The first kappa shape index (κ1) is 15.2. The molecule has 4 nitrogen and oxygen atoms in total. The molecule has 0 aliphatic carbocycles. The lowest BCUT2D eigenvalue weighted by atomic mass is 9.93. The van der Waals surface area contributed by atoms with Crippen LogP contribution in [0.15, 0.2) is 42.7 Å². The number of rotatable bonds is 1. The van der Waals surface area contributed by atoms with Crippen LogP contribution < -0.4 is 0 Å². The molecule has 0 aromatic carbocycles. The molecule has 0 spiro atoms. The van der Waals surface area contributed by atoms with Gasteiger partial charge in [-0.2, -0.15) is 0 Å². The van der Waals surface area contributed by atoms with Crippen LogP contribution in [-0.2, 0) is 4.79 Å². The van der Waals surface area contributed by atoms with E-state index in [0.717, 1.165) is 23.4 Å². The van der Waals surface area contributed by atoms with Crippen molar-refractivity contribution in [3.8, 4) is 11.8 Å². The van der Waals surface area contributed by atoms with Crippen molar-refractivity contribution in [2.45, 2.75) is 31.7 Å². The number of amides is 1. The van der Waals surface area contributed by atoms with Gasteiger partial charge in [0.2, 0.25) is 5.91 Å². The molecule has 0 saturated carbocycles. The van der Waals surface area contributed by atoms with Gasteiger partial charge in [-0.1, -0.05) is 12.0 Å². The standard InChI is InChI=1S/C19H19N3O/c1-19(2)12-16(18(23)22(19)3)17-10-8-14(13-21-17)7-9-15-6-4-5-11-20-15/h4-6,8,10-11,13,16H,12H2,1-3H3. The minimum absolute atomic E-state index is 0.124. The Hall–Kier alpha value is -2.67. The SMILES string of the molecule is CN1C(=O)C(c2ccc(C#Cc3ccccn3)cn2)CC1(C)C. The molecular weight excluding hydrogens is 286 g/mol. The van der Waals surface area contributed by atoms with E-state index in [1.807, 2.05) is 42.3 Å². The van der Waals surface area contributed by atoms with Crippen LogP contribution in [0.5, 0.6) is 0 Å². The van der Waals surface area contributed by atoms with E-state index in [1.165, 1.54) is 0 Å². The van der Waals surface area contributed by atoms with Gasteiger partial charge in [-0.05, 0) is 50.5 Å². The van der Waals surface area contributed by atoms with E-state index < -0.39 is 0 Å². The Kier molecular flexibility index (Phi) is 3.87. The van der Waals surface area contributed by atoms with Gasteiger partial charge in [0.15, 0.2) is 0 Å². The lowest BCUT2D eigenvalue weighted by Crippen LogP contribution is -2.37. The summed E-state index contributed by atoms with van der Waals surface area (Å²) in [6, 6.07) is 9.45.